The molecule has 1 aliphatic rings. The van der Waals surface area contributed by atoms with Gasteiger partial charge in [0.05, 0.1) is 0 Å². The van der Waals surface area contributed by atoms with Crippen molar-refractivity contribution in [3.8, 4) is 0 Å². The molecule has 90 valence electrons. The molecular weight excluding hydrogens is 196 g/mol. The number of anilines is 1. The zero-order valence-electron chi connectivity index (χ0n) is 10.5. The van der Waals surface area contributed by atoms with Gasteiger partial charge in [0.25, 0.3) is 0 Å². The van der Waals surface area contributed by atoms with E-state index in [2.05, 4.69) is 47.9 Å². The van der Waals surface area contributed by atoms with Gasteiger partial charge in [0.2, 0.25) is 0 Å². The van der Waals surface area contributed by atoms with E-state index >= 15 is 0 Å². The van der Waals surface area contributed by atoms with E-state index in [1.54, 1.807) is 0 Å². The van der Waals surface area contributed by atoms with Crippen molar-refractivity contribution in [3.63, 3.8) is 0 Å². The van der Waals surface area contributed by atoms with Gasteiger partial charge in [0.1, 0.15) is 0 Å². The molecule has 2 heteroatoms. The predicted molar refractivity (Wildman–Crippen MR) is 71.8 cm³/mol. The van der Waals surface area contributed by atoms with E-state index in [0.717, 1.165) is 6.04 Å². The van der Waals surface area contributed by atoms with Gasteiger partial charge in [-0.25, -0.2) is 0 Å². The van der Waals surface area contributed by atoms with E-state index in [0.29, 0.717) is 0 Å². The van der Waals surface area contributed by atoms with E-state index in [1.165, 1.54) is 45.0 Å². The van der Waals surface area contributed by atoms with Gasteiger partial charge in [0.15, 0.2) is 0 Å². The lowest BCUT2D eigenvalue weighted by Crippen LogP contribution is -2.39. The van der Waals surface area contributed by atoms with Gasteiger partial charge in [-0.15, -0.1) is 0 Å². The van der Waals surface area contributed by atoms with E-state index in [-0.39, 0.29) is 0 Å². The summed E-state index contributed by atoms with van der Waals surface area (Å²) < 4.78 is 0. The number of nitrogens with zero attached hydrogens (tertiary/aromatic N) is 1. The zero-order chi connectivity index (χ0) is 11.8. The molecule has 1 unspecified atom stereocenters. The molecule has 0 amide bonds. The molecule has 1 aromatic rings. The Balaban J connectivity index is 0.000000606. The fraction of sp³-hybridized carbons (Fsp3) is 0.571. The van der Waals surface area contributed by atoms with Crippen molar-refractivity contribution < 1.29 is 0 Å². The average molecular weight is 220 g/mol. The number of benzene rings is 1. The Bertz CT molecular complexity index is 271. The summed E-state index contributed by atoms with van der Waals surface area (Å²) in [5, 5.41) is 0. The largest absolute Gasteiger partial charge is 0.369 e. The first-order valence-corrected chi connectivity index (χ1v) is 6.31. The van der Waals surface area contributed by atoms with Gasteiger partial charge < -0.3 is 10.6 Å². The molecule has 1 atom stereocenters. The maximum Gasteiger partial charge on any atom is 0.0368 e. The van der Waals surface area contributed by atoms with Crippen LogP contribution in [0.3, 0.4) is 0 Å². The molecule has 16 heavy (non-hydrogen) atoms. The van der Waals surface area contributed by atoms with Gasteiger partial charge in [-0.05, 0) is 44.9 Å². The monoisotopic (exact) mass is 220 g/mol. The highest BCUT2D eigenvalue weighted by Crippen LogP contribution is 2.25. The molecule has 2 rings (SSSR count). The molecule has 2 N–H and O–H groups in total. The molecule has 0 saturated carbocycles. The van der Waals surface area contributed by atoms with Crippen LogP contribution in [0.1, 0.15) is 32.6 Å². The lowest BCUT2D eigenvalue weighted by molar-refractivity contribution is 0.450. The Labute approximate surface area is 99.5 Å². The minimum absolute atomic E-state index is 0.770. The predicted octanol–water partition coefficient (Wildman–Crippen LogP) is 3.03. The van der Waals surface area contributed by atoms with Gasteiger partial charge >= 0.3 is 0 Å². The lowest BCUT2D eigenvalue weighted by atomic mass is 9.99. The zero-order valence-corrected chi connectivity index (χ0v) is 10.5. The highest BCUT2D eigenvalue weighted by Gasteiger charge is 2.20. The number of hydrogen-bond acceptors (Lipinski definition) is 2. The summed E-state index contributed by atoms with van der Waals surface area (Å²) in [6, 6.07) is 11.6. The highest BCUT2D eigenvalue weighted by atomic mass is 15.2. The molecule has 1 saturated heterocycles. The molecule has 1 aliphatic heterocycles. The van der Waals surface area contributed by atoms with Crippen LogP contribution in [-0.2, 0) is 0 Å². The number of nitrogens with two attached hydrogens (primary N) is 1. The van der Waals surface area contributed by atoms with Crippen molar-refractivity contribution in [3.05, 3.63) is 30.3 Å². The van der Waals surface area contributed by atoms with Crippen molar-refractivity contribution in [1.82, 2.24) is 0 Å². The van der Waals surface area contributed by atoms with Gasteiger partial charge in [-0.1, -0.05) is 25.1 Å². The van der Waals surface area contributed by atoms with Gasteiger partial charge in [-0.2, -0.15) is 0 Å². The molecule has 1 fully saturated rings. The summed E-state index contributed by atoms with van der Waals surface area (Å²) in [7, 11) is 1.50. The fourth-order valence-electron chi connectivity index (χ4n) is 2.38. The van der Waals surface area contributed by atoms with Crippen molar-refractivity contribution in [2.45, 2.75) is 38.6 Å². The van der Waals surface area contributed by atoms with E-state index in [4.69, 9.17) is 0 Å². The Kier molecular flexibility index (Phi) is 5.94. The standard InChI is InChI=1S/C13H19N.CH5N/c1-2-12-8-6-7-11-14(12)13-9-4-3-5-10-13;1-2/h3-5,9-10,12H,2,6-8,11H2,1H3;2H2,1H3. The molecular formula is C14H24N2. The first kappa shape index (κ1) is 13.0. The number of hydrogen-bond donors (Lipinski definition) is 1. The number of rotatable bonds is 2. The smallest absolute Gasteiger partial charge is 0.0368 e. The molecule has 1 aromatic carbocycles. The first-order valence-electron chi connectivity index (χ1n) is 6.31. The lowest BCUT2D eigenvalue weighted by Gasteiger charge is -2.37. The second-order valence-electron chi connectivity index (χ2n) is 4.09. The first-order chi connectivity index (χ1) is 7.92. The van der Waals surface area contributed by atoms with E-state index in [9.17, 15) is 0 Å². The maximum absolute atomic E-state index is 4.50. The summed E-state index contributed by atoms with van der Waals surface area (Å²) >= 11 is 0. The molecule has 1 heterocycles. The third-order valence-corrected chi connectivity index (χ3v) is 3.19. The van der Waals surface area contributed by atoms with Crippen molar-refractivity contribution in [2.75, 3.05) is 18.5 Å². The van der Waals surface area contributed by atoms with E-state index < -0.39 is 0 Å². The number of para-hydroxylation sites is 1. The van der Waals surface area contributed by atoms with Crippen LogP contribution in [0, 0.1) is 0 Å². The summed E-state index contributed by atoms with van der Waals surface area (Å²) in [4.78, 5) is 2.57. The van der Waals surface area contributed by atoms with Crippen LogP contribution in [0.2, 0.25) is 0 Å². The molecule has 0 aromatic heterocycles. The van der Waals surface area contributed by atoms with Crippen molar-refractivity contribution in [2.24, 2.45) is 5.73 Å². The maximum atomic E-state index is 4.50. The Morgan fingerprint density at radius 2 is 1.88 bits per heavy atom. The minimum Gasteiger partial charge on any atom is -0.369 e. The number of piperidine rings is 1. The van der Waals surface area contributed by atoms with Crippen LogP contribution < -0.4 is 10.6 Å². The quantitative estimate of drug-likeness (QED) is 0.830. The topological polar surface area (TPSA) is 29.3 Å². The Morgan fingerprint density at radius 1 is 1.19 bits per heavy atom. The van der Waals surface area contributed by atoms with Crippen LogP contribution in [-0.4, -0.2) is 19.6 Å². The van der Waals surface area contributed by atoms with Gasteiger partial charge in [0, 0.05) is 18.3 Å². The molecule has 0 spiro atoms. The van der Waals surface area contributed by atoms with Crippen LogP contribution in [0.4, 0.5) is 5.69 Å². The van der Waals surface area contributed by atoms with Crippen molar-refractivity contribution in [1.29, 1.82) is 0 Å². The summed E-state index contributed by atoms with van der Waals surface area (Å²) in [5.41, 5.74) is 5.90. The minimum atomic E-state index is 0.770. The SMILES string of the molecule is CCC1CCCCN1c1ccccc1.CN. The van der Waals surface area contributed by atoms with Crippen LogP contribution >= 0.6 is 0 Å². The molecule has 2 nitrogen and oxygen atoms in total. The summed E-state index contributed by atoms with van der Waals surface area (Å²) in [6.45, 7) is 3.54. The molecule has 0 radical (unpaired) electrons. The van der Waals surface area contributed by atoms with Crippen LogP contribution in [0.5, 0.6) is 0 Å². The third-order valence-electron chi connectivity index (χ3n) is 3.19. The van der Waals surface area contributed by atoms with Gasteiger partial charge in [-0.3, -0.25) is 0 Å². The fourth-order valence-corrected chi connectivity index (χ4v) is 2.38. The summed E-state index contributed by atoms with van der Waals surface area (Å²) in [5.74, 6) is 0. The summed E-state index contributed by atoms with van der Waals surface area (Å²) in [6.07, 6.45) is 5.40. The molecule has 0 aliphatic carbocycles. The Morgan fingerprint density at radius 3 is 2.50 bits per heavy atom. The second-order valence-corrected chi connectivity index (χ2v) is 4.09. The third kappa shape index (κ3) is 3.24. The molecule has 0 bridgehead atoms. The van der Waals surface area contributed by atoms with Crippen LogP contribution in [0.15, 0.2) is 30.3 Å². The van der Waals surface area contributed by atoms with Crippen molar-refractivity contribution >= 4 is 5.69 Å². The normalized spacial score (nSPS) is 19.9. The average Bonchev–Trinajstić information content (AvgIpc) is 2.42. The van der Waals surface area contributed by atoms with Crippen LogP contribution in [0.25, 0.3) is 0 Å². The Hall–Kier alpha value is -1.02. The highest BCUT2D eigenvalue weighted by molar-refractivity contribution is 5.47. The second kappa shape index (κ2) is 7.29. The van der Waals surface area contributed by atoms with E-state index in [1.807, 2.05) is 0 Å².